The highest BCUT2D eigenvalue weighted by molar-refractivity contribution is 7.15. The van der Waals surface area contributed by atoms with Gasteiger partial charge in [-0.15, -0.1) is 11.3 Å². The van der Waals surface area contributed by atoms with E-state index in [0.29, 0.717) is 0 Å². The van der Waals surface area contributed by atoms with Gasteiger partial charge in [-0.2, -0.15) is 0 Å². The lowest BCUT2D eigenvalue weighted by Crippen LogP contribution is -2.14. The minimum Gasteiger partial charge on any atom is -0.309 e. The molecule has 1 saturated carbocycles. The Kier molecular flexibility index (Phi) is 3.37. The molecule has 1 aliphatic carbocycles. The lowest BCUT2D eigenvalue weighted by atomic mass is 10.1. The van der Waals surface area contributed by atoms with Crippen LogP contribution in [0.15, 0.2) is 24.4 Å². The maximum Gasteiger partial charge on any atom is 0.123 e. The number of thiazole rings is 1. The summed E-state index contributed by atoms with van der Waals surface area (Å²) in [6.07, 6.45) is 4.60. The highest BCUT2D eigenvalue weighted by Gasteiger charge is 2.20. The Bertz CT molecular complexity index is 561. The molecule has 0 amide bonds. The summed E-state index contributed by atoms with van der Waals surface area (Å²) in [6, 6.07) is 6.86. The van der Waals surface area contributed by atoms with Crippen LogP contribution in [0.25, 0.3) is 10.6 Å². The van der Waals surface area contributed by atoms with E-state index in [2.05, 4.69) is 16.4 Å². The molecule has 1 N–H and O–H groups in total. The number of hydrogen-bond acceptors (Lipinski definition) is 3. The number of halogens is 1. The molecule has 0 unspecified atom stereocenters. The van der Waals surface area contributed by atoms with Crippen LogP contribution in [0.2, 0.25) is 5.02 Å². The number of rotatable bonds is 4. The zero-order valence-electron chi connectivity index (χ0n) is 10.2. The highest BCUT2D eigenvalue weighted by atomic mass is 35.5. The molecule has 18 heavy (non-hydrogen) atoms. The molecule has 0 bridgehead atoms. The van der Waals surface area contributed by atoms with Crippen LogP contribution in [-0.2, 0) is 6.54 Å². The first kappa shape index (κ1) is 12.2. The van der Waals surface area contributed by atoms with Gasteiger partial charge in [-0.25, -0.2) is 4.98 Å². The standard InChI is InChI=1S/C14H15ClN2S/c1-9-2-3-10(6-13(9)15)14-17-8-12(18-14)7-16-11-4-5-11/h2-3,6,8,11,16H,4-5,7H2,1H3. The molecule has 0 aliphatic heterocycles. The molecule has 0 atom stereocenters. The van der Waals surface area contributed by atoms with Gasteiger partial charge in [-0.3, -0.25) is 0 Å². The molecular formula is C14H15ClN2S. The summed E-state index contributed by atoms with van der Waals surface area (Å²) in [6.45, 7) is 2.95. The first-order chi connectivity index (χ1) is 8.72. The lowest BCUT2D eigenvalue weighted by molar-refractivity contribution is 0.694. The van der Waals surface area contributed by atoms with Gasteiger partial charge in [0.15, 0.2) is 0 Å². The number of nitrogens with zero attached hydrogens (tertiary/aromatic N) is 1. The predicted molar refractivity (Wildman–Crippen MR) is 77.2 cm³/mol. The van der Waals surface area contributed by atoms with Crippen molar-refractivity contribution in [2.24, 2.45) is 0 Å². The van der Waals surface area contributed by atoms with Crippen molar-refractivity contribution in [1.82, 2.24) is 10.3 Å². The molecule has 1 aromatic heterocycles. The second kappa shape index (κ2) is 5.00. The lowest BCUT2D eigenvalue weighted by Gasteiger charge is -2.00. The van der Waals surface area contributed by atoms with Crippen molar-refractivity contribution in [1.29, 1.82) is 0 Å². The van der Waals surface area contributed by atoms with Crippen LogP contribution >= 0.6 is 22.9 Å². The number of hydrogen-bond donors (Lipinski definition) is 1. The summed E-state index contributed by atoms with van der Waals surface area (Å²) in [5.41, 5.74) is 2.21. The second-order valence-electron chi connectivity index (χ2n) is 4.75. The minimum absolute atomic E-state index is 0.740. The van der Waals surface area contributed by atoms with Crippen LogP contribution in [0.1, 0.15) is 23.3 Å². The van der Waals surface area contributed by atoms with Gasteiger partial charge in [-0.05, 0) is 31.4 Å². The minimum atomic E-state index is 0.740. The fraction of sp³-hybridized carbons (Fsp3) is 0.357. The Morgan fingerprint density at radius 2 is 2.28 bits per heavy atom. The van der Waals surface area contributed by atoms with Gasteiger partial charge in [0.25, 0.3) is 0 Å². The third kappa shape index (κ3) is 2.74. The van der Waals surface area contributed by atoms with Crippen LogP contribution in [0.5, 0.6) is 0 Å². The van der Waals surface area contributed by atoms with E-state index < -0.39 is 0 Å². The van der Waals surface area contributed by atoms with Crippen molar-refractivity contribution in [3.8, 4) is 10.6 Å². The average molecular weight is 279 g/mol. The maximum atomic E-state index is 6.15. The highest BCUT2D eigenvalue weighted by Crippen LogP contribution is 2.29. The Morgan fingerprint density at radius 3 is 3.00 bits per heavy atom. The first-order valence-corrected chi connectivity index (χ1v) is 7.36. The number of nitrogens with one attached hydrogen (secondary N) is 1. The van der Waals surface area contributed by atoms with E-state index in [9.17, 15) is 0 Å². The van der Waals surface area contributed by atoms with Crippen molar-refractivity contribution in [2.75, 3.05) is 0 Å². The van der Waals surface area contributed by atoms with Gasteiger partial charge in [0.05, 0.1) is 0 Å². The van der Waals surface area contributed by atoms with Crippen molar-refractivity contribution >= 4 is 22.9 Å². The zero-order chi connectivity index (χ0) is 12.5. The largest absolute Gasteiger partial charge is 0.309 e. The van der Waals surface area contributed by atoms with Crippen LogP contribution in [0.3, 0.4) is 0 Å². The molecule has 0 radical (unpaired) electrons. The van der Waals surface area contributed by atoms with Gasteiger partial charge in [0, 0.05) is 34.2 Å². The van der Waals surface area contributed by atoms with Crippen LogP contribution < -0.4 is 5.32 Å². The fourth-order valence-electron chi connectivity index (χ4n) is 1.78. The van der Waals surface area contributed by atoms with Crippen molar-refractivity contribution in [2.45, 2.75) is 32.4 Å². The normalized spacial score (nSPS) is 15.0. The Labute approximate surface area is 116 Å². The molecule has 1 aromatic carbocycles. The van der Waals surface area contributed by atoms with E-state index in [1.807, 2.05) is 25.3 Å². The average Bonchev–Trinajstić information content (AvgIpc) is 3.08. The molecule has 1 aliphatic rings. The second-order valence-corrected chi connectivity index (χ2v) is 6.27. The van der Waals surface area contributed by atoms with E-state index in [1.54, 1.807) is 11.3 Å². The van der Waals surface area contributed by atoms with Crippen molar-refractivity contribution in [3.05, 3.63) is 39.9 Å². The number of aryl methyl sites for hydroxylation is 1. The molecule has 2 nitrogen and oxygen atoms in total. The van der Waals surface area contributed by atoms with E-state index in [1.165, 1.54) is 17.7 Å². The Balaban J connectivity index is 1.76. The number of benzene rings is 1. The quantitative estimate of drug-likeness (QED) is 0.914. The maximum absolute atomic E-state index is 6.15. The van der Waals surface area contributed by atoms with E-state index in [-0.39, 0.29) is 0 Å². The van der Waals surface area contributed by atoms with Crippen LogP contribution in [-0.4, -0.2) is 11.0 Å². The molecular weight excluding hydrogens is 264 g/mol. The van der Waals surface area contributed by atoms with Gasteiger partial charge in [-0.1, -0.05) is 23.7 Å². The molecule has 2 aromatic rings. The SMILES string of the molecule is Cc1ccc(-c2ncc(CNC3CC3)s2)cc1Cl. The van der Waals surface area contributed by atoms with E-state index in [0.717, 1.165) is 33.7 Å². The summed E-state index contributed by atoms with van der Waals surface area (Å²) in [5, 5.41) is 5.35. The molecule has 1 fully saturated rings. The molecule has 4 heteroatoms. The molecule has 0 spiro atoms. The van der Waals surface area contributed by atoms with Crippen LogP contribution in [0.4, 0.5) is 0 Å². The van der Waals surface area contributed by atoms with Gasteiger partial charge in [0.2, 0.25) is 0 Å². The first-order valence-electron chi connectivity index (χ1n) is 6.17. The molecule has 3 rings (SSSR count). The van der Waals surface area contributed by atoms with E-state index in [4.69, 9.17) is 11.6 Å². The van der Waals surface area contributed by atoms with Crippen molar-refractivity contribution in [3.63, 3.8) is 0 Å². The van der Waals surface area contributed by atoms with Crippen LogP contribution in [0, 0.1) is 6.92 Å². The smallest absolute Gasteiger partial charge is 0.123 e. The molecule has 1 heterocycles. The molecule has 94 valence electrons. The van der Waals surface area contributed by atoms with E-state index >= 15 is 0 Å². The Morgan fingerprint density at radius 1 is 1.44 bits per heavy atom. The summed E-state index contributed by atoms with van der Waals surface area (Å²) < 4.78 is 0. The third-order valence-electron chi connectivity index (χ3n) is 3.11. The van der Waals surface area contributed by atoms with Gasteiger partial charge >= 0.3 is 0 Å². The topological polar surface area (TPSA) is 24.9 Å². The van der Waals surface area contributed by atoms with Gasteiger partial charge < -0.3 is 5.32 Å². The third-order valence-corrected chi connectivity index (χ3v) is 4.57. The summed E-state index contributed by atoms with van der Waals surface area (Å²) in [4.78, 5) is 5.76. The zero-order valence-corrected chi connectivity index (χ0v) is 11.8. The fourth-order valence-corrected chi connectivity index (χ4v) is 2.82. The number of aromatic nitrogens is 1. The summed E-state index contributed by atoms with van der Waals surface area (Å²) >= 11 is 7.88. The van der Waals surface area contributed by atoms with Gasteiger partial charge in [0.1, 0.15) is 5.01 Å². The van der Waals surface area contributed by atoms with Crippen molar-refractivity contribution < 1.29 is 0 Å². The summed E-state index contributed by atoms with van der Waals surface area (Å²) in [5.74, 6) is 0. The summed E-state index contributed by atoms with van der Waals surface area (Å²) in [7, 11) is 0. The predicted octanol–water partition coefficient (Wildman–Crippen LogP) is 4.02. The Hall–Kier alpha value is -0.900. The monoisotopic (exact) mass is 278 g/mol. The molecule has 0 saturated heterocycles.